The lowest BCUT2D eigenvalue weighted by Gasteiger charge is -2.09. The molecule has 0 saturated heterocycles. The van der Waals surface area contributed by atoms with Gasteiger partial charge < -0.3 is 5.32 Å². The maximum absolute atomic E-state index is 12.5. The van der Waals surface area contributed by atoms with Gasteiger partial charge in [-0.3, -0.25) is 19.6 Å². The van der Waals surface area contributed by atoms with Crippen LogP contribution in [-0.4, -0.2) is 29.5 Å². The Morgan fingerprint density at radius 2 is 1.92 bits per heavy atom. The number of carbonyl (C=O) groups excluding carboxylic acids is 1. The van der Waals surface area contributed by atoms with Gasteiger partial charge in [0.15, 0.2) is 5.03 Å². The Bertz CT molecular complexity index is 1000. The van der Waals surface area contributed by atoms with Crippen LogP contribution in [0.3, 0.4) is 0 Å². The van der Waals surface area contributed by atoms with Crippen LogP contribution in [0.25, 0.3) is 0 Å². The summed E-state index contributed by atoms with van der Waals surface area (Å²) in [7, 11) is -4.03. The Kier molecular flexibility index (Phi) is 5.19. The van der Waals surface area contributed by atoms with Crippen molar-refractivity contribution in [3.05, 3.63) is 71.1 Å². The van der Waals surface area contributed by atoms with E-state index in [0.29, 0.717) is 10.7 Å². The highest BCUT2D eigenvalue weighted by Gasteiger charge is 2.25. The van der Waals surface area contributed by atoms with E-state index in [2.05, 4.69) is 25.2 Å². The van der Waals surface area contributed by atoms with Crippen LogP contribution >= 0.6 is 11.6 Å². The minimum Gasteiger partial charge on any atom is -0.348 e. The third-order valence-electron chi connectivity index (χ3n) is 3.39. The molecule has 3 aromatic rings. The van der Waals surface area contributed by atoms with E-state index < -0.39 is 15.9 Å². The van der Waals surface area contributed by atoms with E-state index in [-0.39, 0.29) is 17.1 Å². The molecule has 3 rings (SSSR count). The Morgan fingerprint density at radius 3 is 2.62 bits per heavy atom. The molecule has 1 amide bonds. The summed E-state index contributed by atoms with van der Waals surface area (Å²) in [6, 6.07) is 9.66. The number of H-pyrrole nitrogens is 1. The Balaban J connectivity index is 1.76. The van der Waals surface area contributed by atoms with Crippen molar-refractivity contribution in [1.29, 1.82) is 0 Å². The predicted molar refractivity (Wildman–Crippen MR) is 96.3 cm³/mol. The Labute approximate surface area is 154 Å². The molecule has 0 atom stereocenters. The van der Waals surface area contributed by atoms with Crippen molar-refractivity contribution in [2.75, 3.05) is 4.72 Å². The van der Waals surface area contributed by atoms with Gasteiger partial charge in [-0.1, -0.05) is 17.7 Å². The second-order valence-electron chi connectivity index (χ2n) is 5.27. The van der Waals surface area contributed by atoms with E-state index in [1.165, 1.54) is 12.1 Å². The zero-order chi connectivity index (χ0) is 18.6. The average molecular weight is 392 g/mol. The second-order valence-corrected chi connectivity index (χ2v) is 7.32. The number of hydrogen-bond donors (Lipinski definition) is 3. The summed E-state index contributed by atoms with van der Waals surface area (Å²) in [5, 5.41) is 8.83. The van der Waals surface area contributed by atoms with Crippen molar-refractivity contribution >= 4 is 33.2 Å². The molecule has 0 aliphatic heterocycles. The number of pyridine rings is 1. The standard InChI is InChI=1S/C16H14ClN5O3S/c17-12-3-5-13(6-4-12)22-26(24,25)16-14(10-20-21-16)15(23)19-9-11-2-1-7-18-8-11/h1-8,10,22H,9H2,(H,19,23)(H,20,21). The zero-order valence-electron chi connectivity index (χ0n) is 13.3. The van der Waals surface area contributed by atoms with Crippen LogP contribution in [0.4, 0.5) is 5.69 Å². The first-order valence-corrected chi connectivity index (χ1v) is 9.31. The van der Waals surface area contributed by atoms with Gasteiger partial charge in [-0.25, -0.2) is 0 Å². The lowest BCUT2D eigenvalue weighted by molar-refractivity contribution is 0.0947. The number of carbonyl (C=O) groups is 1. The highest BCUT2D eigenvalue weighted by Crippen LogP contribution is 2.19. The van der Waals surface area contributed by atoms with Gasteiger partial charge in [0.05, 0.1) is 11.8 Å². The fraction of sp³-hybridized carbons (Fsp3) is 0.0625. The average Bonchev–Trinajstić information content (AvgIpc) is 3.13. The molecular weight excluding hydrogens is 378 g/mol. The molecule has 0 spiro atoms. The highest BCUT2D eigenvalue weighted by atomic mass is 35.5. The normalized spacial score (nSPS) is 11.1. The molecule has 2 heterocycles. The zero-order valence-corrected chi connectivity index (χ0v) is 14.9. The van der Waals surface area contributed by atoms with Crippen molar-refractivity contribution in [2.45, 2.75) is 11.6 Å². The lowest BCUT2D eigenvalue weighted by atomic mass is 10.2. The van der Waals surface area contributed by atoms with E-state index >= 15 is 0 Å². The highest BCUT2D eigenvalue weighted by molar-refractivity contribution is 7.92. The number of rotatable bonds is 6. The number of nitrogens with one attached hydrogen (secondary N) is 3. The number of hydrogen-bond acceptors (Lipinski definition) is 5. The minimum atomic E-state index is -4.03. The van der Waals surface area contributed by atoms with E-state index in [1.54, 1.807) is 36.7 Å². The monoisotopic (exact) mass is 391 g/mol. The second kappa shape index (κ2) is 7.54. The third kappa shape index (κ3) is 4.19. The number of anilines is 1. The van der Waals surface area contributed by atoms with Gasteiger partial charge in [-0.2, -0.15) is 13.5 Å². The van der Waals surface area contributed by atoms with Crippen LogP contribution in [0, 0.1) is 0 Å². The summed E-state index contributed by atoms with van der Waals surface area (Å²) >= 11 is 5.78. The predicted octanol–water partition coefficient (Wildman–Crippen LogP) is 2.19. The number of benzene rings is 1. The molecule has 1 aromatic carbocycles. The molecule has 3 N–H and O–H groups in total. The van der Waals surface area contributed by atoms with Gasteiger partial charge >= 0.3 is 0 Å². The van der Waals surface area contributed by atoms with Gasteiger partial charge in [0, 0.05) is 29.6 Å². The van der Waals surface area contributed by atoms with E-state index in [9.17, 15) is 13.2 Å². The Morgan fingerprint density at radius 1 is 1.15 bits per heavy atom. The van der Waals surface area contributed by atoms with Crippen LogP contribution in [0.1, 0.15) is 15.9 Å². The molecule has 0 radical (unpaired) electrons. The molecule has 10 heteroatoms. The molecule has 0 bridgehead atoms. The molecule has 0 unspecified atom stereocenters. The van der Waals surface area contributed by atoms with Crippen molar-refractivity contribution < 1.29 is 13.2 Å². The van der Waals surface area contributed by atoms with Crippen molar-refractivity contribution in [1.82, 2.24) is 20.5 Å². The first-order chi connectivity index (χ1) is 12.5. The molecule has 2 aromatic heterocycles. The first kappa shape index (κ1) is 17.9. The summed E-state index contributed by atoms with van der Waals surface area (Å²) in [4.78, 5) is 16.3. The maximum Gasteiger partial charge on any atom is 0.279 e. The summed E-state index contributed by atoms with van der Waals surface area (Å²) in [5.74, 6) is -0.570. The van der Waals surface area contributed by atoms with Gasteiger partial charge in [0.25, 0.3) is 15.9 Å². The molecule has 26 heavy (non-hydrogen) atoms. The van der Waals surface area contributed by atoms with Crippen molar-refractivity contribution in [2.24, 2.45) is 0 Å². The number of aromatic nitrogens is 3. The lowest BCUT2D eigenvalue weighted by Crippen LogP contribution is -2.25. The minimum absolute atomic E-state index is 0.0876. The number of nitrogens with zero attached hydrogens (tertiary/aromatic N) is 2. The molecule has 0 aliphatic rings. The van der Waals surface area contributed by atoms with Crippen LogP contribution in [0.5, 0.6) is 0 Å². The van der Waals surface area contributed by atoms with Crippen LogP contribution < -0.4 is 10.0 Å². The van der Waals surface area contributed by atoms with Crippen LogP contribution in [0.15, 0.2) is 60.0 Å². The largest absolute Gasteiger partial charge is 0.348 e. The number of aromatic amines is 1. The van der Waals surface area contributed by atoms with E-state index in [0.717, 1.165) is 11.8 Å². The van der Waals surface area contributed by atoms with Gasteiger partial charge in [0.1, 0.15) is 0 Å². The van der Waals surface area contributed by atoms with Crippen LogP contribution in [-0.2, 0) is 16.6 Å². The van der Waals surface area contributed by atoms with Gasteiger partial charge in [0.2, 0.25) is 0 Å². The fourth-order valence-corrected chi connectivity index (χ4v) is 3.43. The fourth-order valence-electron chi connectivity index (χ4n) is 2.15. The summed E-state index contributed by atoms with van der Waals surface area (Å²) in [6.45, 7) is 0.210. The van der Waals surface area contributed by atoms with Crippen molar-refractivity contribution in [3.8, 4) is 0 Å². The SMILES string of the molecule is O=C(NCc1cccnc1)c1cn[nH]c1S(=O)(=O)Nc1ccc(Cl)cc1. The molecule has 0 saturated carbocycles. The molecular formula is C16H14ClN5O3S. The quantitative estimate of drug-likeness (QED) is 0.595. The summed E-state index contributed by atoms with van der Waals surface area (Å²) < 4.78 is 27.5. The molecule has 0 fully saturated rings. The summed E-state index contributed by atoms with van der Waals surface area (Å²) in [5.41, 5.74) is 1.01. The third-order valence-corrected chi connectivity index (χ3v) is 5.00. The van der Waals surface area contributed by atoms with Crippen molar-refractivity contribution in [3.63, 3.8) is 0 Å². The number of amides is 1. The smallest absolute Gasteiger partial charge is 0.279 e. The summed E-state index contributed by atoms with van der Waals surface area (Å²) in [6.07, 6.45) is 4.39. The molecule has 0 aliphatic carbocycles. The number of halogens is 1. The maximum atomic E-state index is 12.5. The van der Waals surface area contributed by atoms with E-state index in [4.69, 9.17) is 11.6 Å². The van der Waals surface area contributed by atoms with Gasteiger partial charge in [-0.15, -0.1) is 0 Å². The number of sulfonamides is 1. The first-order valence-electron chi connectivity index (χ1n) is 7.44. The Hall–Kier alpha value is -2.91. The van der Waals surface area contributed by atoms with E-state index in [1.807, 2.05) is 0 Å². The van der Waals surface area contributed by atoms with Crippen LogP contribution in [0.2, 0.25) is 5.02 Å². The molecule has 8 nitrogen and oxygen atoms in total. The topological polar surface area (TPSA) is 117 Å². The van der Waals surface area contributed by atoms with Gasteiger partial charge in [-0.05, 0) is 35.9 Å². The molecule has 134 valence electrons.